The van der Waals surface area contributed by atoms with E-state index in [1.807, 2.05) is 105 Å². The van der Waals surface area contributed by atoms with Crippen molar-refractivity contribution < 1.29 is 14.3 Å². The van der Waals surface area contributed by atoms with Gasteiger partial charge in [-0.2, -0.15) is 0 Å². The highest BCUT2D eigenvalue weighted by molar-refractivity contribution is 5.98. The first-order chi connectivity index (χ1) is 15.1. The maximum absolute atomic E-state index is 14.2. The molecule has 0 bridgehead atoms. The fourth-order valence-electron chi connectivity index (χ4n) is 4.00. The minimum absolute atomic E-state index is 0.0728. The fraction of sp³-hybridized carbons (Fsp3) is 0.259. The summed E-state index contributed by atoms with van der Waals surface area (Å²) in [5.41, 5.74) is 1.37. The molecule has 0 unspecified atom stereocenters. The molecule has 3 rings (SSSR count). The topological polar surface area (TPSA) is 55.4 Å². The number of amides is 1. The summed E-state index contributed by atoms with van der Waals surface area (Å²) >= 11 is 0. The molecule has 31 heavy (non-hydrogen) atoms. The Labute approximate surface area is 184 Å². The quantitative estimate of drug-likeness (QED) is 0.428. The van der Waals surface area contributed by atoms with Crippen molar-refractivity contribution in [2.45, 2.75) is 31.7 Å². The number of carbonyl (C=O) groups excluding carboxylic acids is 2. The predicted octanol–water partition coefficient (Wildman–Crippen LogP) is 4.72. The summed E-state index contributed by atoms with van der Waals surface area (Å²) in [7, 11) is 1.35. The molecule has 0 aliphatic carbocycles. The Hall–Kier alpha value is -3.40. The van der Waals surface area contributed by atoms with Crippen LogP contribution in [0.3, 0.4) is 0 Å². The second-order valence-electron chi connectivity index (χ2n) is 7.71. The molecule has 0 fully saturated rings. The molecule has 1 N–H and O–H groups in total. The van der Waals surface area contributed by atoms with Crippen molar-refractivity contribution >= 4 is 11.9 Å². The molecule has 0 aromatic heterocycles. The van der Waals surface area contributed by atoms with Crippen LogP contribution in [-0.2, 0) is 19.7 Å². The standard InChI is InChI=1S/C27H29NO3/c1-4-20(2)24(25(29)31-3)28-26(30)27(21-14-8-5-9-15-21,22-16-10-6-11-17-22)23-18-12-7-13-19-23/h5-20,24H,4H2,1-3H3,(H,28,30)/t20-,24+/m0/s1. The van der Waals surface area contributed by atoms with Crippen molar-refractivity contribution in [2.24, 2.45) is 5.92 Å². The average Bonchev–Trinajstić information content (AvgIpc) is 2.84. The number of benzene rings is 3. The molecule has 1 amide bonds. The van der Waals surface area contributed by atoms with Crippen molar-refractivity contribution in [1.82, 2.24) is 5.32 Å². The number of hydrogen-bond acceptors (Lipinski definition) is 3. The van der Waals surface area contributed by atoms with Gasteiger partial charge in [-0.3, -0.25) is 4.79 Å². The number of nitrogens with one attached hydrogen (secondary N) is 1. The largest absolute Gasteiger partial charge is 0.467 e. The molecule has 4 heteroatoms. The van der Waals surface area contributed by atoms with Gasteiger partial charge in [-0.25, -0.2) is 4.79 Å². The van der Waals surface area contributed by atoms with Crippen LogP contribution in [0.15, 0.2) is 91.0 Å². The highest BCUT2D eigenvalue weighted by Crippen LogP contribution is 2.39. The Morgan fingerprint density at radius 2 is 1.19 bits per heavy atom. The van der Waals surface area contributed by atoms with Gasteiger partial charge in [-0.05, 0) is 22.6 Å². The van der Waals surface area contributed by atoms with Gasteiger partial charge in [0.2, 0.25) is 5.91 Å². The molecular weight excluding hydrogens is 386 g/mol. The molecule has 0 radical (unpaired) electrons. The number of rotatable bonds is 8. The summed E-state index contributed by atoms with van der Waals surface area (Å²) < 4.78 is 5.01. The smallest absolute Gasteiger partial charge is 0.328 e. The lowest BCUT2D eigenvalue weighted by Crippen LogP contribution is -2.54. The van der Waals surface area contributed by atoms with Crippen molar-refractivity contribution in [3.8, 4) is 0 Å². The molecule has 3 aromatic rings. The van der Waals surface area contributed by atoms with E-state index in [1.54, 1.807) is 0 Å². The SMILES string of the molecule is CC[C@H](C)[C@@H](NC(=O)C(c1ccccc1)(c1ccccc1)c1ccccc1)C(=O)OC. The Bertz CT molecular complexity index is 890. The summed E-state index contributed by atoms with van der Waals surface area (Å²) in [5.74, 6) is -0.769. The van der Waals surface area contributed by atoms with Crippen LogP contribution in [-0.4, -0.2) is 25.0 Å². The van der Waals surface area contributed by atoms with E-state index in [2.05, 4.69) is 5.32 Å². The lowest BCUT2D eigenvalue weighted by Gasteiger charge is -2.36. The molecule has 0 saturated heterocycles. The van der Waals surface area contributed by atoms with Gasteiger partial charge in [0, 0.05) is 0 Å². The lowest BCUT2D eigenvalue weighted by atomic mass is 9.68. The number of carbonyl (C=O) groups is 2. The van der Waals surface area contributed by atoms with E-state index in [-0.39, 0.29) is 11.8 Å². The zero-order chi connectivity index (χ0) is 22.3. The van der Waals surface area contributed by atoms with Gasteiger partial charge in [0.1, 0.15) is 11.5 Å². The molecular formula is C27H29NO3. The first-order valence-corrected chi connectivity index (χ1v) is 10.6. The van der Waals surface area contributed by atoms with E-state index in [9.17, 15) is 9.59 Å². The van der Waals surface area contributed by atoms with E-state index < -0.39 is 17.4 Å². The van der Waals surface area contributed by atoms with Crippen LogP contribution < -0.4 is 5.32 Å². The van der Waals surface area contributed by atoms with Gasteiger partial charge < -0.3 is 10.1 Å². The van der Waals surface area contributed by atoms with Gasteiger partial charge >= 0.3 is 5.97 Å². The number of ether oxygens (including phenoxy) is 1. The first-order valence-electron chi connectivity index (χ1n) is 10.6. The second-order valence-corrected chi connectivity index (χ2v) is 7.71. The molecule has 2 atom stereocenters. The van der Waals surface area contributed by atoms with Crippen LogP contribution in [0, 0.1) is 5.92 Å². The minimum Gasteiger partial charge on any atom is -0.467 e. The maximum Gasteiger partial charge on any atom is 0.328 e. The molecule has 3 aromatic carbocycles. The molecule has 4 nitrogen and oxygen atoms in total. The van der Waals surface area contributed by atoms with E-state index in [1.165, 1.54) is 7.11 Å². The van der Waals surface area contributed by atoms with E-state index in [0.717, 1.165) is 23.1 Å². The number of esters is 1. The van der Waals surface area contributed by atoms with Crippen LogP contribution in [0.4, 0.5) is 0 Å². The minimum atomic E-state index is -1.12. The van der Waals surface area contributed by atoms with Crippen molar-refractivity contribution in [3.63, 3.8) is 0 Å². The van der Waals surface area contributed by atoms with Gasteiger partial charge in [-0.15, -0.1) is 0 Å². The van der Waals surface area contributed by atoms with Crippen LogP contribution in [0.1, 0.15) is 37.0 Å². The third-order valence-electron chi connectivity index (χ3n) is 5.92. The third kappa shape index (κ3) is 4.38. The maximum atomic E-state index is 14.2. The second kappa shape index (κ2) is 10.1. The van der Waals surface area contributed by atoms with Crippen molar-refractivity contribution in [3.05, 3.63) is 108 Å². The van der Waals surface area contributed by atoms with Crippen molar-refractivity contribution in [2.75, 3.05) is 7.11 Å². The van der Waals surface area contributed by atoms with Gasteiger partial charge in [0.05, 0.1) is 7.11 Å². The predicted molar refractivity (Wildman–Crippen MR) is 123 cm³/mol. The van der Waals surface area contributed by atoms with Crippen LogP contribution >= 0.6 is 0 Å². The zero-order valence-electron chi connectivity index (χ0n) is 18.2. The average molecular weight is 416 g/mol. The Kier molecular flexibility index (Phi) is 7.24. The van der Waals surface area contributed by atoms with E-state index >= 15 is 0 Å². The summed E-state index contributed by atoms with van der Waals surface area (Å²) in [6, 6.07) is 28.3. The Morgan fingerprint density at radius 3 is 1.52 bits per heavy atom. The third-order valence-corrected chi connectivity index (χ3v) is 5.92. The van der Waals surface area contributed by atoms with Crippen LogP contribution in [0.25, 0.3) is 0 Å². The molecule has 160 valence electrons. The summed E-state index contributed by atoms with van der Waals surface area (Å²) in [6.45, 7) is 3.93. The number of methoxy groups -OCH3 is 1. The molecule has 0 aliphatic heterocycles. The monoisotopic (exact) mass is 415 g/mol. The number of hydrogen-bond donors (Lipinski definition) is 1. The fourth-order valence-corrected chi connectivity index (χ4v) is 4.00. The van der Waals surface area contributed by atoms with Gasteiger partial charge in [0.25, 0.3) is 0 Å². The van der Waals surface area contributed by atoms with Gasteiger partial charge in [-0.1, -0.05) is 111 Å². The van der Waals surface area contributed by atoms with Crippen molar-refractivity contribution in [1.29, 1.82) is 0 Å². The van der Waals surface area contributed by atoms with E-state index in [4.69, 9.17) is 4.74 Å². The highest BCUT2D eigenvalue weighted by atomic mass is 16.5. The lowest BCUT2D eigenvalue weighted by molar-refractivity contribution is -0.147. The van der Waals surface area contributed by atoms with Crippen LogP contribution in [0.5, 0.6) is 0 Å². The highest BCUT2D eigenvalue weighted by Gasteiger charge is 2.45. The summed E-state index contributed by atoms with van der Waals surface area (Å²) in [4.78, 5) is 26.7. The van der Waals surface area contributed by atoms with Gasteiger partial charge in [0.15, 0.2) is 0 Å². The summed E-state index contributed by atoms with van der Waals surface area (Å²) in [6.07, 6.45) is 0.731. The first kappa shape index (κ1) is 22.3. The zero-order valence-corrected chi connectivity index (χ0v) is 18.2. The normalized spacial score (nSPS) is 13.1. The Morgan fingerprint density at radius 1 is 0.806 bits per heavy atom. The molecule has 0 heterocycles. The molecule has 0 aliphatic rings. The van der Waals surface area contributed by atoms with Crippen LogP contribution in [0.2, 0.25) is 0 Å². The summed E-state index contributed by atoms with van der Waals surface area (Å²) in [5, 5.41) is 3.04. The molecule has 0 spiro atoms. The molecule has 0 saturated carbocycles. The van der Waals surface area contributed by atoms with E-state index in [0.29, 0.717) is 0 Å². The Balaban J connectivity index is 2.25.